The Bertz CT molecular complexity index is 588. The molecule has 0 unspecified atom stereocenters. The molecule has 0 N–H and O–H groups in total. The van der Waals surface area contributed by atoms with Gasteiger partial charge in [-0.1, -0.05) is 65.0 Å². The predicted molar refractivity (Wildman–Crippen MR) is 106 cm³/mol. The first kappa shape index (κ1) is 18.8. The monoisotopic (exact) mass is 326 g/mol. The summed E-state index contributed by atoms with van der Waals surface area (Å²) in [4.78, 5) is 0. The lowest BCUT2D eigenvalue weighted by molar-refractivity contribution is 1.08. The molecule has 0 aliphatic rings. The first-order valence-corrected chi connectivity index (χ1v) is 15.3. The number of hydrogen-bond acceptors (Lipinski definition) is 0. The number of hydrogen-bond donors (Lipinski definition) is 0. The molecule has 1 aromatic carbocycles. The van der Waals surface area contributed by atoms with Crippen molar-refractivity contribution in [2.75, 3.05) is 0 Å². The molecule has 0 aliphatic carbocycles. The maximum atomic E-state index is 3.50. The predicted octanol–water partition coefficient (Wildman–Crippen LogP) is 5.27. The van der Waals surface area contributed by atoms with Crippen molar-refractivity contribution in [1.29, 1.82) is 0 Å². The van der Waals surface area contributed by atoms with Gasteiger partial charge in [0.1, 0.15) is 16.1 Å². The molecule has 2 heteroatoms. The second kappa shape index (κ2) is 7.36. The van der Waals surface area contributed by atoms with Crippen molar-refractivity contribution in [1.82, 2.24) is 0 Å². The molecule has 0 heterocycles. The van der Waals surface area contributed by atoms with Crippen LogP contribution in [0.3, 0.4) is 0 Å². The van der Waals surface area contributed by atoms with Crippen molar-refractivity contribution in [3.63, 3.8) is 0 Å². The summed E-state index contributed by atoms with van der Waals surface area (Å²) in [5, 5.41) is 0. The van der Waals surface area contributed by atoms with Gasteiger partial charge in [0.15, 0.2) is 0 Å². The molecule has 0 amide bonds. The highest BCUT2D eigenvalue weighted by atomic mass is 28.3. The second-order valence-corrected chi connectivity index (χ2v) is 17.4. The van der Waals surface area contributed by atoms with Crippen molar-refractivity contribution in [2.45, 2.75) is 66.0 Å². The second-order valence-electron chi connectivity index (χ2n) is 7.87. The van der Waals surface area contributed by atoms with E-state index >= 15 is 0 Å². The maximum absolute atomic E-state index is 3.50. The zero-order valence-electron chi connectivity index (χ0n) is 15.6. The molecule has 1 aromatic rings. The third kappa shape index (κ3) is 6.26. The minimum atomic E-state index is -1.34. The summed E-state index contributed by atoms with van der Waals surface area (Å²) in [5.74, 6) is 6.90. The molecule has 0 saturated heterocycles. The molecule has 0 fully saturated rings. The SMILES string of the molecule is CCc1cc(C#C[Si](C)(C)C)c(CC)cc1C#C[Si](C)(C)C. The van der Waals surface area contributed by atoms with Crippen LogP contribution in [0.1, 0.15) is 36.1 Å². The molecule has 0 bridgehead atoms. The van der Waals surface area contributed by atoms with Crippen LogP contribution in [-0.2, 0) is 12.8 Å². The minimum absolute atomic E-state index is 1.02. The van der Waals surface area contributed by atoms with Gasteiger partial charge in [-0.25, -0.2) is 0 Å². The van der Waals surface area contributed by atoms with E-state index in [0.717, 1.165) is 12.8 Å². The lowest BCUT2D eigenvalue weighted by Gasteiger charge is -2.10. The zero-order chi connectivity index (χ0) is 17.0. The molecule has 0 radical (unpaired) electrons. The average molecular weight is 327 g/mol. The van der Waals surface area contributed by atoms with Crippen LogP contribution in [0.5, 0.6) is 0 Å². The highest BCUT2D eigenvalue weighted by Crippen LogP contribution is 2.18. The lowest BCUT2D eigenvalue weighted by Crippen LogP contribution is -2.16. The molecule has 0 aromatic heterocycles. The van der Waals surface area contributed by atoms with Crippen molar-refractivity contribution >= 4 is 16.1 Å². The van der Waals surface area contributed by atoms with E-state index < -0.39 is 16.1 Å². The van der Waals surface area contributed by atoms with Crippen LogP contribution in [0.25, 0.3) is 0 Å². The highest BCUT2D eigenvalue weighted by Gasteiger charge is 2.11. The van der Waals surface area contributed by atoms with Crippen LogP contribution >= 0.6 is 0 Å². The topological polar surface area (TPSA) is 0 Å². The van der Waals surface area contributed by atoms with Gasteiger partial charge < -0.3 is 0 Å². The molecule has 22 heavy (non-hydrogen) atoms. The van der Waals surface area contributed by atoms with Crippen LogP contribution in [0.4, 0.5) is 0 Å². The normalized spacial score (nSPS) is 11.3. The molecule has 0 spiro atoms. The Hall–Kier alpha value is -1.23. The Kier molecular flexibility index (Phi) is 6.30. The Balaban J connectivity index is 3.40. The van der Waals surface area contributed by atoms with E-state index in [1.54, 1.807) is 0 Å². The van der Waals surface area contributed by atoms with E-state index in [1.165, 1.54) is 22.3 Å². The number of aryl methyl sites for hydroxylation is 2. The molecule has 1 rings (SSSR count). The van der Waals surface area contributed by atoms with Gasteiger partial charge in [-0.05, 0) is 36.1 Å². The fraction of sp³-hybridized carbons (Fsp3) is 0.500. The van der Waals surface area contributed by atoms with Gasteiger partial charge in [0.25, 0.3) is 0 Å². The molecule has 0 nitrogen and oxygen atoms in total. The lowest BCUT2D eigenvalue weighted by atomic mass is 9.96. The van der Waals surface area contributed by atoms with Crippen molar-refractivity contribution in [2.24, 2.45) is 0 Å². The summed E-state index contributed by atoms with van der Waals surface area (Å²) >= 11 is 0. The van der Waals surface area contributed by atoms with Gasteiger partial charge in [-0.3, -0.25) is 0 Å². The summed E-state index contributed by atoms with van der Waals surface area (Å²) in [6.45, 7) is 18.2. The molecule has 0 saturated carbocycles. The van der Waals surface area contributed by atoms with Gasteiger partial charge >= 0.3 is 0 Å². The van der Waals surface area contributed by atoms with Gasteiger partial charge in [-0.15, -0.1) is 11.1 Å². The fourth-order valence-corrected chi connectivity index (χ4v) is 3.04. The summed E-state index contributed by atoms with van der Waals surface area (Å²) < 4.78 is 0. The first-order valence-electron chi connectivity index (χ1n) is 8.28. The van der Waals surface area contributed by atoms with Crippen LogP contribution in [0.2, 0.25) is 39.3 Å². The molecular weight excluding hydrogens is 296 g/mol. The van der Waals surface area contributed by atoms with E-state index in [4.69, 9.17) is 0 Å². The highest BCUT2D eigenvalue weighted by molar-refractivity contribution is 6.84. The minimum Gasteiger partial charge on any atom is -0.127 e. The van der Waals surface area contributed by atoms with Crippen molar-refractivity contribution in [3.8, 4) is 22.9 Å². The smallest absolute Gasteiger partial charge is 0.127 e. The first-order chi connectivity index (χ1) is 10.1. The van der Waals surface area contributed by atoms with Gasteiger partial charge in [-0.2, -0.15) is 0 Å². The molecule has 0 atom stereocenters. The Morgan fingerprint density at radius 1 is 0.682 bits per heavy atom. The van der Waals surface area contributed by atoms with E-state index in [-0.39, 0.29) is 0 Å². The molecular formula is C20H30Si2. The van der Waals surface area contributed by atoms with Gasteiger partial charge in [0.2, 0.25) is 0 Å². The largest absolute Gasteiger partial charge is 0.129 e. The number of benzene rings is 1. The van der Waals surface area contributed by atoms with Crippen molar-refractivity contribution < 1.29 is 0 Å². The van der Waals surface area contributed by atoms with Crippen LogP contribution < -0.4 is 0 Å². The van der Waals surface area contributed by atoms with E-state index in [0.29, 0.717) is 0 Å². The Morgan fingerprint density at radius 3 is 1.23 bits per heavy atom. The Labute approximate surface area is 139 Å². The van der Waals surface area contributed by atoms with Crippen LogP contribution in [-0.4, -0.2) is 16.1 Å². The van der Waals surface area contributed by atoms with Gasteiger partial charge in [0.05, 0.1) is 0 Å². The van der Waals surface area contributed by atoms with Gasteiger partial charge in [0, 0.05) is 11.1 Å². The summed E-state index contributed by atoms with van der Waals surface area (Å²) in [7, 11) is -2.68. The summed E-state index contributed by atoms with van der Waals surface area (Å²) in [6.07, 6.45) is 2.03. The quantitative estimate of drug-likeness (QED) is 0.513. The fourth-order valence-electron chi connectivity index (χ4n) is 2.02. The molecule has 118 valence electrons. The molecule has 0 aliphatic heterocycles. The van der Waals surface area contributed by atoms with E-state index in [1.807, 2.05) is 0 Å². The maximum Gasteiger partial charge on any atom is 0.129 e. The van der Waals surface area contributed by atoms with E-state index in [2.05, 4.69) is 88.2 Å². The average Bonchev–Trinajstić information content (AvgIpc) is 2.40. The standard InChI is InChI=1S/C20H30Si2/c1-9-17-15-20(12-14-22(6,7)8)18(10-2)16-19(17)11-13-21(3,4)5/h15-16H,9-10H2,1-8H3. The summed E-state index contributed by atoms with van der Waals surface area (Å²) in [6, 6.07) is 4.56. The Morgan fingerprint density at radius 2 is 1.00 bits per heavy atom. The van der Waals surface area contributed by atoms with Crippen molar-refractivity contribution in [3.05, 3.63) is 34.4 Å². The van der Waals surface area contributed by atoms with Crippen LogP contribution in [0, 0.1) is 22.9 Å². The zero-order valence-corrected chi connectivity index (χ0v) is 17.6. The van der Waals surface area contributed by atoms with Crippen LogP contribution in [0.15, 0.2) is 12.1 Å². The number of rotatable bonds is 2. The third-order valence-electron chi connectivity index (χ3n) is 3.24. The van der Waals surface area contributed by atoms with E-state index in [9.17, 15) is 0 Å². The third-order valence-corrected chi connectivity index (χ3v) is 4.99. The summed E-state index contributed by atoms with van der Waals surface area (Å²) in [5.41, 5.74) is 12.1.